The lowest BCUT2D eigenvalue weighted by atomic mass is 10.1. The van der Waals surface area contributed by atoms with Gasteiger partial charge < -0.3 is 9.64 Å². The number of hydrogen-bond donors (Lipinski definition) is 0. The Morgan fingerprint density at radius 2 is 1.72 bits per heavy atom. The van der Waals surface area contributed by atoms with Gasteiger partial charge >= 0.3 is 0 Å². The molecule has 25 heavy (non-hydrogen) atoms. The van der Waals surface area contributed by atoms with Crippen LogP contribution in [0.15, 0.2) is 53.4 Å². The summed E-state index contributed by atoms with van der Waals surface area (Å²) in [5, 5.41) is 0. The van der Waals surface area contributed by atoms with Crippen molar-refractivity contribution in [2.24, 2.45) is 0 Å². The van der Waals surface area contributed by atoms with Crippen LogP contribution in [0.4, 0.5) is 0 Å². The van der Waals surface area contributed by atoms with Gasteiger partial charge in [-0.1, -0.05) is 24.3 Å². The van der Waals surface area contributed by atoms with Crippen LogP contribution in [0.5, 0.6) is 5.75 Å². The van der Waals surface area contributed by atoms with E-state index in [4.69, 9.17) is 4.74 Å². The van der Waals surface area contributed by atoms with E-state index in [2.05, 4.69) is 0 Å². The fourth-order valence-electron chi connectivity index (χ4n) is 2.38. The molecule has 0 saturated heterocycles. The summed E-state index contributed by atoms with van der Waals surface area (Å²) >= 11 is 0. The molecule has 0 fully saturated rings. The first-order valence-corrected chi connectivity index (χ1v) is 9.11. The summed E-state index contributed by atoms with van der Waals surface area (Å²) < 4.78 is 30.9. The van der Waals surface area contributed by atoms with Gasteiger partial charge in [-0.05, 0) is 24.3 Å². The van der Waals surface area contributed by atoms with Crippen LogP contribution >= 0.6 is 0 Å². The highest BCUT2D eigenvalue weighted by molar-refractivity contribution is 7.89. The molecular formula is C18H22N2O4S. The molecule has 0 saturated carbocycles. The Hall–Kier alpha value is -2.38. The second-order valence-corrected chi connectivity index (χ2v) is 7.94. The minimum absolute atomic E-state index is 0.0917. The highest BCUT2D eigenvalue weighted by atomic mass is 32.2. The number of sulfonamides is 1. The molecule has 6 nitrogen and oxygen atoms in total. The summed E-state index contributed by atoms with van der Waals surface area (Å²) in [5.74, 6) is 0.438. The van der Waals surface area contributed by atoms with Crippen molar-refractivity contribution in [1.29, 1.82) is 0 Å². The molecule has 2 rings (SSSR count). The van der Waals surface area contributed by atoms with Gasteiger partial charge in [0.25, 0.3) is 5.91 Å². The van der Waals surface area contributed by atoms with Gasteiger partial charge in [0.2, 0.25) is 10.0 Å². The van der Waals surface area contributed by atoms with Crippen LogP contribution in [0.3, 0.4) is 0 Å². The van der Waals surface area contributed by atoms with E-state index in [0.717, 1.165) is 9.87 Å². The lowest BCUT2D eigenvalue weighted by Gasteiger charge is -2.19. The molecule has 7 heteroatoms. The molecule has 0 aliphatic heterocycles. The van der Waals surface area contributed by atoms with Gasteiger partial charge in [-0.25, -0.2) is 12.7 Å². The molecule has 0 N–H and O–H groups in total. The summed E-state index contributed by atoms with van der Waals surface area (Å²) in [6.07, 6.45) is 0. The van der Waals surface area contributed by atoms with E-state index in [1.54, 1.807) is 26.3 Å². The van der Waals surface area contributed by atoms with Crippen molar-refractivity contribution in [2.45, 2.75) is 11.4 Å². The van der Waals surface area contributed by atoms with Crippen molar-refractivity contribution < 1.29 is 17.9 Å². The second kappa shape index (κ2) is 7.67. The van der Waals surface area contributed by atoms with Crippen LogP contribution < -0.4 is 4.74 Å². The molecule has 0 radical (unpaired) electrons. The molecule has 2 aromatic carbocycles. The Balaban J connectivity index is 2.26. The quantitative estimate of drug-likeness (QED) is 0.790. The first kappa shape index (κ1) is 19.0. The zero-order chi connectivity index (χ0) is 18.6. The van der Waals surface area contributed by atoms with Crippen LogP contribution in [0.25, 0.3) is 0 Å². The van der Waals surface area contributed by atoms with Gasteiger partial charge in [0, 0.05) is 38.8 Å². The van der Waals surface area contributed by atoms with Crippen molar-refractivity contribution in [3.05, 3.63) is 59.7 Å². The van der Waals surface area contributed by atoms with E-state index in [0.29, 0.717) is 17.9 Å². The van der Waals surface area contributed by atoms with E-state index in [9.17, 15) is 13.2 Å². The van der Waals surface area contributed by atoms with Crippen molar-refractivity contribution in [3.63, 3.8) is 0 Å². The first-order chi connectivity index (χ1) is 11.8. The average molecular weight is 362 g/mol. The molecule has 0 heterocycles. The number of amides is 1. The number of benzene rings is 2. The number of ether oxygens (including phenoxy) is 1. The summed E-state index contributed by atoms with van der Waals surface area (Å²) in [7, 11) is 2.57. The van der Waals surface area contributed by atoms with Crippen molar-refractivity contribution >= 4 is 15.9 Å². The van der Waals surface area contributed by atoms with Gasteiger partial charge in [0.15, 0.2) is 0 Å². The summed E-state index contributed by atoms with van der Waals surface area (Å²) in [6.45, 7) is 0.355. The summed E-state index contributed by atoms with van der Waals surface area (Å²) in [5.41, 5.74) is 1.19. The number of hydrogen-bond acceptors (Lipinski definition) is 4. The van der Waals surface area contributed by atoms with Crippen molar-refractivity contribution in [1.82, 2.24) is 9.21 Å². The molecule has 0 aliphatic rings. The number of carbonyl (C=O) groups is 1. The molecule has 1 amide bonds. The Bertz CT molecular complexity index is 863. The predicted molar refractivity (Wildman–Crippen MR) is 96.1 cm³/mol. The maximum absolute atomic E-state index is 12.7. The molecule has 0 bridgehead atoms. The van der Waals surface area contributed by atoms with Gasteiger partial charge in [-0.15, -0.1) is 0 Å². The number of para-hydroxylation sites is 1. The van der Waals surface area contributed by atoms with Gasteiger partial charge in [-0.2, -0.15) is 0 Å². The Morgan fingerprint density at radius 1 is 1.04 bits per heavy atom. The Labute approximate surface area is 148 Å². The molecule has 134 valence electrons. The van der Waals surface area contributed by atoms with Gasteiger partial charge in [-0.3, -0.25) is 4.79 Å². The molecule has 2 aromatic rings. The number of methoxy groups -OCH3 is 1. The van der Waals surface area contributed by atoms with E-state index in [1.165, 1.54) is 31.1 Å². The van der Waals surface area contributed by atoms with Crippen LogP contribution in [0, 0.1) is 0 Å². The fraction of sp³-hybridized carbons (Fsp3) is 0.278. The number of rotatable bonds is 6. The zero-order valence-electron chi connectivity index (χ0n) is 14.8. The van der Waals surface area contributed by atoms with Crippen molar-refractivity contribution in [2.75, 3.05) is 28.3 Å². The lowest BCUT2D eigenvalue weighted by molar-refractivity contribution is 0.0784. The molecule has 0 spiro atoms. The van der Waals surface area contributed by atoms with E-state index < -0.39 is 10.0 Å². The van der Waals surface area contributed by atoms with Crippen LogP contribution in [-0.2, 0) is 16.6 Å². The highest BCUT2D eigenvalue weighted by Gasteiger charge is 2.20. The molecular weight excluding hydrogens is 340 g/mol. The monoisotopic (exact) mass is 362 g/mol. The third kappa shape index (κ3) is 4.18. The molecule has 0 unspecified atom stereocenters. The maximum atomic E-state index is 12.7. The third-order valence-electron chi connectivity index (χ3n) is 3.81. The molecule has 0 aliphatic carbocycles. The van der Waals surface area contributed by atoms with E-state index in [1.807, 2.05) is 24.3 Å². The molecule has 0 atom stereocenters. The number of carbonyl (C=O) groups excluding carboxylic acids is 1. The zero-order valence-corrected chi connectivity index (χ0v) is 15.6. The normalized spacial score (nSPS) is 11.4. The fourth-order valence-corrected chi connectivity index (χ4v) is 3.33. The van der Waals surface area contributed by atoms with Gasteiger partial charge in [0.05, 0.1) is 12.0 Å². The van der Waals surface area contributed by atoms with Crippen LogP contribution in [0.1, 0.15) is 15.9 Å². The second-order valence-electron chi connectivity index (χ2n) is 5.79. The number of nitrogens with zero attached hydrogens (tertiary/aromatic N) is 2. The highest BCUT2D eigenvalue weighted by Crippen LogP contribution is 2.20. The predicted octanol–water partition coefficient (Wildman–Crippen LogP) is 2.22. The van der Waals surface area contributed by atoms with Crippen molar-refractivity contribution in [3.8, 4) is 5.75 Å². The van der Waals surface area contributed by atoms with E-state index in [-0.39, 0.29) is 10.8 Å². The van der Waals surface area contributed by atoms with Gasteiger partial charge in [0.1, 0.15) is 5.75 Å². The largest absolute Gasteiger partial charge is 0.496 e. The van der Waals surface area contributed by atoms with Crippen LogP contribution in [-0.4, -0.2) is 51.8 Å². The lowest BCUT2D eigenvalue weighted by Crippen LogP contribution is -2.27. The maximum Gasteiger partial charge on any atom is 0.253 e. The minimum atomic E-state index is -3.59. The smallest absolute Gasteiger partial charge is 0.253 e. The SMILES string of the molecule is COc1ccccc1CN(C)C(=O)c1cccc(S(=O)(=O)N(C)C)c1. The topological polar surface area (TPSA) is 66.9 Å². The Morgan fingerprint density at radius 3 is 2.36 bits per heavy atom. The van der Waals surface area contributed by atoms with Crippen LogP contribution in [0.2, 0.25) is 0 Å². The minimum Gasteiger partial charge on any atom is -0.496 e. The van der Waals surface area contributed by atoms with E-state index >= 15 is 0 Å². The summed E-state index contributed by atoms with van der Waals surface area (Å²) in [6, 6.07) is 13.5. The summed E-state index contributed by atoms with van der Waals surface area (Å²) in [4.78, 5) is 14.3. The Kier molecular flexibility index (Phi) is 5.81. The first-order valence-electron chi connectivity index (χ1n) is 7.67. The average Bonchev–Trinajstić information content (AvgIpc) is 2.61. The third-order valence-corrected chi connectivity index (χ3v) is 5.62. The molecule has 0 aromatic heterocycles. The standard InChI is InChI=1S/C18H22N2O4S/c1-19(2)25(22,23)16-10-7-9-14(12-16)18(21)20(3)13-15-8-5-6-11-17(15)24-4/h5-12H,13H2,1-4H3.